The Morgan fingerprint density at radius 3 is 2.68 bits per heavy atom. The molecule has 34 heavy (non-hydrogen) atoms. The number of nitrogens with zero attached hydrogens (tertiary/aromatic N) is 2. The van der Waals surface area contributed by atoms with Crippen LogP contribution in [0.25, 0.3) is 0 Å². The first-order chi connectivity index (χ1) is 16.5. The van der Waals surface area contributed by atoms with E-state index in [1.165, 1.54) is 12.3 Å². The van der Waals surface area contributed by atoms with E-state index in [0.717, 1.165) is 31.2 Å². The minimum absolute atomic E-state index is 0.00251. The van der Waals surface area contributed by atoms with Gasteiger partial charge in [-0.25, -0.2) is 4.98 Å². The number of aromatic nitrogens is 2. The Kier molecular flexibility index (Phi) is 6.07. The van der Waals surface area contributed by atoms with Gasteiger partial charge >= 0.3 is 0 Å². The van der Waals surface area contributed by atoms with Crippen LogP contribution in [0.15, 0.2) is 29.0 Å². The number of hydrogen-bond acceptors (Lipinski definition) is 7. The van der Waals surface area contributed by atoms with Crippen molar-refractivity contribution in [3.05, 3.63) is 35.9 Å². The molecule has 2 aromatic heterocycles. The lowest BCUT2D eigenvalue weighted by Crippen LogP contribution is -2.49. The zero-order valence-corrected chi connectivity index (χ0v) is 19.1. The molecule has 5 rings (SSSR count). The molecule has 10 nitrogen and oxygen atoms in total. The highest BCUT2D eigenvalue weighted by atomic mass is 16.5. The maximum atomic E-state index is 13.3. The van der Waals surface area contributed by atoms with E-state index in [1.54, 1.807) is 12.3 Å². The van der Waals surface area contributed by atoms with Gasteiger partial charge in [0.25, 0.3) is 5.91 Å². The second-order valence-electron chi connectivity index (χ2n) is 9.60. The Morgan fingerprint density at radius 2 is 1.97 bits per heavy atom. The third-order valence-corrected chi connectivity index (χ3v) is 7.46. The molecule has 2 aromatic rings. The molecule has 1 spiro atoms. The van der Waals surface area contributed by atoms with Crippen molar-refractivity contribution in [1.29, 1.82) is 0 Å². The third kappa shape index (κ3) is 4.18. The van der Waals surface area contributed by atoms with Gasteiger partial charge in [-0.15, -0.1) is 0 Å². The number of fused-ring (bicyclic) bond motifs is 2. The van der Waals surface area contributed by atoms with Crippen LogP contribution in [-0.2, 0) is 19.7 Å². The van der Waals surface area contributed by atoms with Crippen molar-refractivity contribution in [3.63, 3.8) is 0 Å². The molecular formula is C24H29N5O5. The summed E-state index contributed by atoms with van der Waals surface area (Å²) < 4.78 is 10.4. The lowest BCUT2D eigenvalue weighted by Gasteiger charge is -2.32. The summed E-state index contributed by atoms with van der Waals surface area (Å²) in [6.07, 6.45) is 7.95. The summed E-state index contributed by atoms with van der Waals surface area (Å²) in [7, 11) is 0. The number of nitrogens with one attached hydrogen (secondary N) is 3. The van der Waals surface area contributed by atoms with Crippen molar-refractivity contribution in [1.82, 2.24) is 15.5 Å². The lowest BCUT2D eigenvalue weighted by molar-refractivity contribution is -0.124. The molecule has 3 aliphatic rings. The molecule has 0 radical (unpaired) electrons. The fourth-order valence-corrected chi connectivity index (χ4v) is 5.35. The highest BCUT2D eigenvalue weighted by Gasteiger charge is 2.48. The zero-order valence-electron chi connectivity index (χ0n) is 19.1. The first kappa shape index (κ1) is 22.5. The second kappa shape index (κ2) is 9.17. The highest BCUT2D eigenvalue weighted by molar-refractivity contribution is 6.07. The highest BCUT2D eigenvalue weighted by Crippen LogP contribution is 2.44. The predicted molar refractivity (Wildman–Crippen MR) is 122 cm³/mol. The Hall–Kier alpha value is -3.27. The predicted octanol–water partition coefficient (Wildman–Crippen LogP) is 2.63. The fraction of sp³-hybridized carbons (Fsp3) is 0.542. The molecule has 3 amide bonds. The van der Waals surface area contributed by atoms with Crippen molar-refractivity contribution in [2.45, 2.75) is 56.9 Å². The molecule has 1 aliphatic carbocycles. The van der Waals surface area contributed by atoms with Gasteiger partial charge in [-0.2, -0.15) is 0 Å². The number of anilines is 2. The van der Waals surface area contributed by atoms with Crippen molar-refractivity contribution >= 4 is 29.2 Å². The largest absolute Gasteiger partial charge is 0.381 e. The molecule has 3 N–H and O–H groups in total. The topological polar surface area (TPSA) is 135 Å². The Bertz CT molecular complexity index is 1070. The van der Waals surface area contributed by atoms with Gasteiger partial charge in [0, 0.05) is 37.1 Å². The summed E-state index contributed by atoms with van der Waals surface area (Å²) in [5.41, 5.74) is 0.886. The number of rotatable bonds is 5. The van der Waals surface area contributed by atoms with Crippen LogP contribution in [0.2, 0.25) is 0 Å². The van der Waals surface area contributed by atoms with Gasteiger partial charge < -0.3 is 25.2 Å². The summed E-state index contributed by atoms with van der Waals surface area (Å²) in [5.74, 6) is 0.118. The number of ether oxygens (including phenoxy) is 1. The van der Waals surface area contributed by atoms with E-state index >= 15 is 0 Å². The van der Waals surface area contributed by atoms with Gasteiger partial charge in [0.2, 0.25) is 17.6 Å². The van der Waals surface area contributed by atoms with Crippen LogP contribution >= 0.6 is 0 Å². The molecule has 2 fully saturated rings. The van der Waals surface area contributed by atoms with Gasteiger partial charge in [-0.05, 0) is 37.5 Å². The van der Waals surface area contributed by atoms with Gasteiger partial charge in [0.05, 0.1) is 17.3 Å². The number of amides is 3. The van der Waals surface area contributed by atoms with Crippen molar-refractivity contribution in [3.8, 4) is 0 Å². The minimum Gasteiger partial charge on any atom is -0.381 e. The van der Waals surface area contributed by atoms with Gasteiger partial charge in [0.15, 0.2) is 0 Å². The lowest BCUT2D eigenvalue weighted by atomic mass is 9.76. The molecule has 2 aliphatic heterocycles. The number of carbonyl (C=O) groups excluding carboxylic acids is 3. The molecule has 0 aromatic carbocycles. The standard InChI is InChI=1S/C24H29N5O5/c1-14-2-4-15(5-3-14)20(29-21(30)18-6-9-26-34-18)22(31)28-19-12-17-16(13-25-19)24(23(32)27-17)7-10-33-11-8-24/h6,9,12-15,20H,2-5,7-8,10-11H2,1H3,(H,27,32)(H,29,30)(H,25,28,31). The molecule has 180 valence electrons. The first-order valence-electron chi connectivity index (χ1n) is 11.9. The molecule has 1 saturated carbocycles. The average Bonchev–Trinajstić information content (AvgIpc) is 3.46. The Balaban J connectivity index is 1.34. The van der Waals surface area contributed by atoms with E-state index in [9.17, 15) is 14.4 Å². The molecule has 1 unspecified atom stereocenters. The molecule has 10 heteroatoms. The summed E-state index contributed by atoms with van der Waals surface area (Å²) in [5, 5.41) is 12.2. The maximum absolute atomic E-state index is 13.3. The summed E-state index contributed by atoms with van der Waals surface area (Å²) in [4.78, 5) is 43.2. The molecule has 1 atom stereocenters. The number of pyridine rings is 1. The Labute approximate surface area is 197 Å². The van der Waals surface area contributed by atoms with E-state index in [2.05, 4.69) is 33.0 Å². The quantitative estimate of drug-likeness (QED) is 0.615. The van der Waals surface area contributed by atoms with E-state index in [-0.39, 0.29) is 23.5 Å². The van der Waals surface area contributed by atoms with Crippen molar-refractivity contribution < 1.29 is 23.6 Å². The molecule has 4 heterocycles. The van der Waals surface area contributed by atoms with Gasteiger partial charge in [0.1, 0.15) is 11.9 Å². The SMILES string of the molecule is CC1CCC(C(NC(=O)c2ccno2)C(=O)Nc2cc3c(cn2)C2(CCOCC2)C(=O)N3)CC1. The van der Waals surface area contributed by atoms with Crippen LogP contribution in [0.5, 0.6) is 0 Å². The summed E-state index contributed by atoms with van der Waals surface area (Å²) in [6.45, 7) is 3.25. The van der Waals surface area contributed by atoms with Crippen molar-refractivity contribution in [2.75, 3.05) is 23.8 Å². The van der Waals surface area contributed by atoms with Crippen LogP contribution in [0.3, 0.4) is 0 Å². The molecule has 0 bridgehead atoms. The molecular weight excluding hydrogens is 438 g/mol. The van der Waals surface area contributed by atoms with Crippen molar-refractivity contribution in [2.24, 2.45) is 11.8 Å². The van der Waals surface area contributed by atoms with E-state index in [1.807, 2.05) is 0 Å². The van der Waals surface area contributed by atoms with E-state index in [0.29, 0.717) is 43.5 Å². The van der Waals surface area contributed by atoms with E-state index in [4.69, 9.17) is 9.26 Å². The number of carbonyl (C=O) groups is 3. The van der Waals surface area contributed by atoms with E-state index < -0.39 is 17.4 Å². The van der Waals surface area contributed by atoms with Gasteiger partial charge in [-0.1, -0.05) is 24.9 Å². The monoisotopic (exact) mass is 467 g/mol. The van der Waals surface area contributed by atoms with Crippen LogP contribution in [0.1, 0.15) is 61.6 Å². The van der Waals surface area contributed by atoms with Gasteiger partial charge in [-0.3, -0.25) is 14.4 Å². The van der Waals surface area contributed by atoms with Crippen LogP contribution in [0.4, 0.5) is 11.5 Å². The maximum Gasteiger partial charge on any atom is 0.290 e. The number of hydrogen-bond donors (Lipinski definition) is 3. The smallest absolute Gasteiger partial charge is 0.290 e. The first-order valence-corrected chi connectivity index (χ1v) is 11.9. The second-order valence-corrected chi connectivity index (χ2v) is 9.60. The normalized spacial score (nSPS) is 24.2. The summed E-state index contributed by atoms with van der Waals surface area (Å²) >= 11 is 0. The van der Waals surface area contributed by atoms with Crippen LogP contribution < -0.4 is 16.0 Å². The molecule has 1 saturated heterocycles. The third-order valence-electron chi connectivity index (χ3n) is 7.46. The fourth-order valence-electron chi connectivity index (χ4n) is 5.35. The zero-order chi connectivity index (χ0) is 23.7. The Morgan fingerprint density at radius 1 is 1.21 bits per heavy atom. The van der Waals surface area contributed by atoms with Crippen LogP contribution in [0, 0.1) is 11.8 Å². The minimum atomic E-state index is -0.739. The van der Waals surface area contributed by atoms with Crippen LogP contribution in [-0.4, -0.2) is 47.1 Å². The average molecular weight is 468 g/mol. The summed E-state index contributed by atoms with van der Waals surface area (Å²) in [6, 6.07) is 2.41.